The van der Waals surface area contributed by atoms with Crippen LogP contribution in [-0.4, -0.2) is 41.9 Å². The number of aromatic nitrogens is 2. The maximum atomic E-state index is 11.9. The number of carbonyl (C=O) groups is 1. The van der Waals surface area contributed by atoms with Crippen LogP contribution in [0.2, 0.25) is 0 Å². The van der Waals surface area contributed by atoms with Crippen molar-refractivity contribution in [1.82, 2.24) is 15.5 Å². The van der Waals surface area contributed by atoms with Crippen molar-refractivity contribution in [3.8, 4) is 0 Å². The number of hydrogen-bond acceptors (Lipinski definition) is 6. The van der Waals surface area contributed by atoms with Gasteiger partial charge in [-0.15, -0.1) is 10.2 Å². The highest BCUT2D eigenvalue weighted by atomic mass is 32.1. The third kappa shape index (κ3) is 3.24. The van der Waals surface area contributed by atoms with Crippen LogP contribution in [0.3, 0.4) is 0 Å². The molecule has 1 aromatic heterocycles. The summed E-state index contributed by atoms with van der Waals surface area (Å²) in [6, 6.07) is -0.305. The van der Waals surface area contributed by atoms with Gasteiger partial charge in [0.2, 0.25) is 11.0 Å². The Hall–Kier alpha value is -1.05. The van der Waals surface area contributed by atoms with Crippen molar-refractivity contribution < 1.29 is 9.53 Å². The summed E-state index contributed by atoms with van der Waals surface area (Å²) in [6.07, 6.45) is 0. The Morgan fingerprint density at radius 1 is 1.50 bits per heavy atom. The predicted octanol–water partition coefficient (Wildman–Crippen LogP) is 0.762. The highest BCUT2D eigenvalue weighted by Gasteiger charge is 2.24. The second-order valence-electron chi connectivity index (χ2n) is 5.23. The number of nitrogens with one attached hydrogen (secondary N) is 2. The second kappa shape index (κ2) is 5.29. The molecule has 0 radical (unpaired) electrons. The monoisotopic (exact) mass is 270 g/mol. The quantitative estimate of drug-likeness (QED) is 0.830. The Kier molecular flexibility index (Phi) is 3.94. The van der Waals surface area contributed by atoms with Crippen LogP contribution in [0.1, 0.15) is 25.8 Å². The molecule has 2 rings (SSSR count). The molecule has 18 heavy (non-hydrogen) atoms. The standard InChI is InChI=1S/C11H18N4O2S/c1-11(2,3)9-14-15-10(18-9)13-8(16)7-6-17-5-4-12-7/h7,12H,4-6H2,1-3H3,(H,13,15,16). The molecule has 2 N–H and O–H groups in total. The predicted molar refractivity (Wildman–Crippen MR) is 69.8 cm³/mol. The highest BCUT2D eigenvalue weighted by molar-refractivity contribution is 7.15. The summed E-state index contributed by atoms with van der Waals surface area (Å²) in [7, 11) is 0. The molecule has 0 spiro atoms. The minimum Gasteiger partial charge on any atom is -0.378 e. The van der Waals surface area contributed by atoms with Gasteiger partial charge in [-0.2, -0.15) is 0 Å². The lowest BCUT2D eigenvalue weighted by Gasteiger charge is -2.22. The number of carbonyl (C=O) groups excluding carboxylic acids is 1. The topological polar surface area (TPSA) is 76.1 Å². The van der Waals surface area contributed by atoms with E-state index in [2.05, 4.69) is 41.6 Å². The van der Waals surface area contributed by atoms with E-state index in [0.717, 1.165) is 5.01 Å². The number of ether oxygens (including phenoxy) is 1. The molecule has 1 unspecified atom stereocenters. The van der Waals surface area contributed by atoms with Crippen LogP contribution in [-0.2, 0) is 14.9 Å². The van der Waals surface area contributed by atoms with E-state index in [-0.39, 0.29) is 17.4 Å². The second-order valence-corrected chi connectivity index (χ2v) is 6.21. The van der Waals surface area contributed by atoms with E-state index >= 15 is 0 Å². The molecule has 1 aliphatic rings. The van der Waals surface area contributed by atoms with E-state index in [1.54, 1.807) is 0 Å². The van der Waals surface area contributed by atoms with Gasteiger partial charge in [0.15, 0.2) is 0 Å². The third-order valence-corrected chi connectivity index (χ3v) is 3.80. The molecule has 1 saturated heterocycles. The molecule has 1 atom stereocenters. The SMILES string of the molecule is CC(C)(C)c1nnc(NC(=O)C2COCCN2)s1. The number of anilines is 1. The zero-order chi connectivity index (χ0) is 13.2. The molecule has 0 bridgehead atoms. The first-order valence-corrected chi connectivity index (χ1v) is 6.74. The first kappa shape index (κ1) is 13.4. The van der Waals surface area contributed by atoms with Gasteiger partial charge in [-0.1, -0.05) is 32.1 Å². The molecule has 1 fully saturated rings. The molecule has 0 saturated carbocycles. The largest absolute Gasteiger partial charge is 0.378 e. The van der Waals surface area contributed by atoms with Crippen LogP contribution in [0.4, 0.5) is 5.13 Å². The first-order valence-electron chi connectivity index (χ1n) is 5.93. The van der Waals surface area contributed by atoms with Crippen LogP contribution >= 0.6 is 11.3 Å². The van der Waals surface area contributed by atoms with Gasteiger partial charge >= 0.3 is 0 Å². The lowest BCUT2D eigenvalue weighted by molar-refractivity contribution is -0.120. The van der Waals surface area contributed by atoms with E-state index in [1.807, 2.05) is 0 Å². The molecule has 1 aliphatic heterocycles. The minimum absolute atomic E-state index is 0.0488. The van der Waals surface area contributed by atoms with Crippen LogP contribution < -0.4 is 10.6 Å². The van der Waals surface area contributed by atoms with E-state index in [4.69, 9.17) is 4.74 Å². The summed E-state index contributed by atoms with van der Waals surface area (Å²) in [5, 5.41) is 15.4. The van der Waals surface area contributed by atoms with Gasteiger partial charge in [0.25, 0.3) is 0 Å². The minimum atomic E-state index is -0.305. The summed E-state index contributed by atoms with van der Waals surface area (Å²) < 4.78 is 5.24. The summed E-state index contributed by atoms with van der Waals surface area (Å²) in [5.41, 5.74) is -0.0488. The Labute approximate surface area is 110 Å². The fraction of sp³-hybridized carbons (Fsp3) is 0.727. The molecule has 6 nitrogen and oxygen atoms in total. The van der Waals surface area contributed by atoms with Crippen molar-refractivity contribution in [2.24, 2.45) is 0 Å². The number of amides is 1. The highest BCUT2D eigenvalue weighted by Crippen LogP contribution is 2.27. The zero-order valence-electron chi connectivity index (χ0n) is 10.8. The maximum Gasteiger partial charge on any atom is 0.245 e. The van der Waals surface area contributed by atoms with Crippen molar-refractivity contribution in [2.45, 2.75) is 32.2 Å². The molecule has 0 aliphatic carbocycles. The van der Waals surface area contributed by atoms with Gasteiger partial charge in [-0.3, -0.25) is 10.1 Å². The van der Waals surface area contributed by atoms with Gasteiger partial charge in [0.1, 0.15) is 11.0 Å². The molecule has 100 valence electrons. The van der Waals surface area contributed by atoms with Crippen molar-refractivity contribution >= 4 is 22.4 Å². The van der Waals surface area contributed by atoms with E-state index in [1.165, 1.54) is 11.3 Å². The normalized spacial score (nSPS) is 20.7. The summed E-state index contributed by atoms with van der Waals surface area (Å²) >= 11 is 1.41. The van der Waals surface area contributed by atoms with E-state index in [0.29, 0.717) is 24.9 Å². The number of hydrogen-bond donors (Lipinski definition) is 2. The number of nitrogens with zero attached hydrogens (tertiary/aromatic N) is 2. The summed E-state index contributed by atoms with van der Waals surface area (Å²) in [5.74, 6) is -0.119. The van der Waals surface area contributed by atoms with Crippen molar-refractivity contribution in [3.63, 3.8) is 0 Å². The number of rotatable bonds is 2. The van der Waals surface area contributed by atoms with Crippen LogP contribution in [0.15, 0.2) is 0 Å². The van der Waals surface area contributed by atoms with Gasteiger partial charge in [0.05, 0.1) is 13.2 Å². The average molecular weight is 270 g/mol. The molecule has 7 heteroatoms. The van der Waals surface area contributed by atoms with Gasteiger partial charge < -0.3 is 10.1 Å². The van der Waals surface area contributed by atoms with Crippen molar-refractivity contribution in [2.75, 3.05) is 25.1 Å². The maximum absolute atomic E-state index is 11.9. The Balaban J connectivity index is 1.96. The summed E-state index contributed by atoms with van der Waals surface area (Å²) in [4.78, 5) is 11.9. The fourth-order valence-corrected chi connectivity index (χ4v) is 2.31. The molecule has 2 heterocycles. The van der Waals surface area contributed by atoms with Crippen LogP contribution in [0, 0.1) is 0 Å². The Bertz CT molecular complexity index is 421. The lowest BCUT2D eigenvalue weighted by Crippen LogP contribution is -2.48. The fourth-order valence-electron chi connectivity index (χ4n) is 1.50. The Morgan fingerprint density at radius 2 is 2.28 bits per heavy atom. The smallest absolute Gasteiger partial charge is 0.245 e. The average Bonchev–Trinajstić information content (AvgIpc) is 2.78. The Morgan fingerprint density at radius 3 is 2.83 bits per heavy atom. The molecular formula is C11H18N4O2S. The van der Waals surface area contributed by atoms with Gasteiger partial charge in [-0.05, 0) is 0 Å². The zero-order valence-corrected chi connectivity index (χ0v) is 11.6. The van der Waals surface area contributed by atoms with Crippen molar-refractivity contribution in [1.29, 1.82) is 0 Å². The lowest BCUT2D eigenvalue weighted by atomic mass is 9.98. The molecule has 1 amide bonds. The van der Waals surface area contributed by atoms with Crippen molar-refractivity contribution in [3.05, 3.63) is 5.01 Å². The summed E-state index contributed by atoms with van der Waals surface area (Å²) in [6.45, 7) is 7.94. The molecule has 1 aromatic rings. The van der Waals surface area contributed by atoms with Crippen LogP contribution in [0.25, 0.3) is 0 Å². The van der Waals surface area contributed by atoms with E-state index < -0.39 is 0 Å². The van der Waals surface area contributed by atoms with E-state index in [9.17, 15) is 4.79 Å². The molecule has 0 aromatic carbocycles. The number of morpholine rings is 1. The van der Waals surface area contributed by atoms with Gasteiger partial charge in [-0.25, -0.2) is 0 Å². The van der Waals surface area contributed by atoms with Gasteiger partial charge in [0, 0.05) is 12.0 Å². The third-order valence-electron chi connectivity index (χ3n) is 2.53. The molecular weight excluding hydrogens is 252 g/mol. The first-order chi connectivity index (χ1) is 8.47. The van der Waals surface area contributed by atoms with Crippen LogP contribution in [0.5, 0.6) is 0 Å².